The molecule has 1 aliphatic rings. The van der Waals surface area contributed by atoms with Gasteiger partial charge < -0.3 is 10.1 Å². The minimum Gasteiger partial charge on any atom is -0.383 e. The van der Waals surface area contributed by atoms with Crippen LogP contribution in [0.1, 0.15) is 42.6 Å². The first-order chi connectivity index (χ1) is 16.6. The highest BCUT2D eigenvalue weighted by atomic mass is 15.3. The van der Waals surface area contributed by atoms with E-state index in [9.17, 15) is 0 Å². The lowest BCUT2D eigenvalue weighted by atomic mass is 10.1. The van der Waals surface area contributed by atoms with Crippen LogP contribution in [0.15, 0.2) is 55.1 Å². The summed E-state index contributed by atoms with van der Waals surface area (Å²) in [7, 11) is 0. The van der Waals surface area contributed by atoms with Gasteiger partial charge in [-0.15, -0.1) is 0 Å². The molecule has 1 unspecified atom stereocenters. The van der Waals surface area contributed by atoms with Gasteiger partial charge in [-0.05, 0) is 69.6 Å². The van der Waals surface area contributed by atoms with Crippen molar-refractivity contribution in [2.75, 3.05) is 18.8 Å². The van der Waals surface area contributed by atoms with E-state index in [-0.39, 0.29) is 6.04 Å². The normalized spacial score (nSPS) is 15.5. The van der Waals surface area contributed by atoms with Gasteiger partial charge in [0.1, 0.15) is 12.1 Å². The molecule has 0 amide bonds. The van der Waals surface area contributed by atoms with Crippen LogP contribution in [0.5, 0.6) is 0 Å². The average Bonchev–Trinajstić information content (AvgIpc) is 3.57. The van der Waals surface area contributed by atoms with Crippen molar-refractivity contribution in [1.29, 1.82) is 0 Å². The van der Waals surface area contributed by atoms with Gasteiger partial charge in [-0.1, -0.05) is 12.1 Å². The second-order valence-electron chi connectivity index (χ2n) is 9.14. The van der Waals surface area contributed by atoms with Gasteiger partial charge in [0.05, 0.1) is 28.5 Å². The van der Waals surface area contributed by atoms with Crippen LogP contribution in [-0.4, -0.2) is 47.1 Å². The summed E-state index contributed by atoms with van der Waals surface area (Å²) in [6.45, 7) is 7.41. The van der Waals surface area contributed by atoms with Crippen molar-refractivity contribution >= 4 is 22.4 Å². The van der Waals surface area contributed by atoms with Crippen molar-refractivity contribution in [2.24, 2.45) is 0 Å². The number of aryl methyl sites for hydroxylation is 1. The Morgan fingerprint density at radius 1 is 1.06 bits per heavy atom. The lowest BCUT2D eigenvalue weighted by Gasteiger charge is -2.16. The van der Waals surface area contributed by atoms with Crippen LogP contribution < -0.4 is 5.73 Å². The van der Waals surface area contributed by atoms with E-state index in [0.29, 0.717) is 5.82 Å². The number of fused-ring (bicyclic) bond motifs is 2. The number of hydrogen-bond acceptors (Lipinski definition) is 6. The van der Waals surface area contributed by atoms with Crippen molar-refractivity contribution in [3.05, 3.63) is 71.9 Å². The Hall–Kier alpha value is -3.78. The molecule has 1 atom stereocenters. The predicted octanol–water partition coefficient (Wildman–Crippen LogP) is 4.24. The molecule has 0 aromatic carbocycles. The van der Waals surface area contributed by atoms with E-state index in [1.165, 1.54) is 37.8 Å². The maximum absolute atomic E-state index is 6.14. The topological polar surface area (TPSA) is 90.2 Å². The number of anilines is 1. The maximum atomic E-state index is 6.14. The fourth-order valence-corrected chi connectivity index (χ4v) is 5.16. The Kier molecular flexibility index (Phi) is 5.03. The van der Waals surface area contributed by atoms with Gasteiger partial charge in [-0.2, -0.15) is 5.10 Å². The molecule has 0 aliphatic carbocycles. The highest BCUT2D eigenvalue weighted by Crippen LogP contribution is 2.34. The summed E-state index contributed by atoms with van der Waals surface area (Å²) in [5.41, 5.74) is 13.2. The third-order valence-electron chi connectivity index (χ3n) is 6.89. The molecule has 34 heavy (non-hydrogen) atoms. The summed E-state index contributed by atoms with van der Waals surface area (Å²) < 4.78 is 4.15. The number of likely N-dealkylation sites (tertiary alicyclic amines) is 1. The van der Waals surface area contributed by atoms with Crippen LogP contribution in [0.3, 0.4) is 0 Å². The molecule has 1 fully saturated rings. The first-order valence-corrected chi connectivity index (χ1v) is 11.8. The predicted molar refractivity (Wildman–Crippen MR) is 133 cm³/mol. The Morgan fingerprint density at radius 2 is 1.91 bits per heavy atom. The lowest BCUT2D eigenvalue weighted by molar-refractivity contribution is 0.331. The molecule has 5 aromatic rings. The summed E-state index contributed by atoms with van der Waals surface area (Å²) >= 11 is 0. The molecule has 0 saturated carbocycles. The van der Waals surface area contributed by atoms with Crippen molar-refractivity contribution in [3.63, 3.8) is 0 Å². The molecule has 0 spiro atoms. The van der Waals surface area contributed by atoms with E-state index in [4.69, 9.17) is 15.8 Å². The van der Waals surface area contributed by atoms with Crippen LogP contribution >= 0.6 is 0 Å². The van der Waals surface area contributed by atoms with E-state index in [1.807, 2.05) is 23.9 Å². The molecule has 8 heteroatoms. The van der Waals surface area contributed by atoms with E-state index in [2.05, 4.69) is 62.7 Å². The molecule has 6 heterocycles. The minimum absolute atomic E-state index is 0.0773. The number of aromatic nitrogens is 6. The van der Waals surface area contributed by atoms with Crippen LogP contribution in [0.25, 0.3) is 27.9 Å². The molecule has 8 nitrogen and oxygen atoms in total. The number of nitrogens with zero attached hydrogens (tertiary/aromatic N) is 7. The van der Waals surface area contributed by atoms with Crippen molar-refractivity contribution < 1.29 is 0 Å². The van der Waals surface area contributed by atoms with Gasteiger partial charge in [-0.3, -0.25) is 9.88 Å². The Morgan fingerprint density at radius 3 is 2.71 bits per heavy atom. The summed E-state index contributed by atoms with van der Waals surface area (Å²) in [5, 5.41) is 5.61. The van der Waals surface area contributed by atoms with Crippen molar-refractivity contribution in [3.8, 4) is 11.4 Å². The van der Waals surface area contributed by atoms with E-state index >= 15 is 0 Å². The standard InChI is InChI=1S/C26H28N8/c1-17-23-25(27)29-16-30-26(23)34(31-17)18(2)21-13-20-7-3-4-12-33(20)24(21)22-9-8-19(14-28-22)15-32-10-5-6-11-32/h3-4,7-9,12-14,16,18H,5-6,10-11,15H2,1-2H3,(H2,27,29,30). The van der Waals surface area contributed by atoms with E-state index in [0.717, 1.165) is 45.7 Å². The SMILES string of the molecule is Cc1nn(C(C)c2cc3ccccn3c2-c2ccc(CN3CCCC3)cn2)c2ncnc(N)c12. The van der Waals surface area contributed by atoms with Gasteiger partial charge in [0, 0.05) is 30.0 Å². The number of pyridine rings is 2. The number of hydrogen-bond donors (Lipinski definition) is 1. The zero-order valence-electron chi connectivity index (χ0n) is 19.5. The molecule has 5 aromatic heterocycles. The van der Waals surface area contributed by atoms with Gasteiger partial charge in [0.15, 0.2) is 5.65 Å². The van der Waals surface area contributed by atoms with Crippen LogP contribution in [-0.2, 0) is 6.54 Å². The highest BCUT2D eigenvalue weighted by molar-refractivity contribution is 5.88. The fourth-order valence-electron chi connectivity index (χ4n) is 5.16. The van der Waals surface area contributed by atoms with Crippen LogP contribution in [0, 0.1) is 6.92 Å². The molecular formula is C26H28N8. The van der Waals surface area contributed by atoms with Gasteiger partial charge in [0.25, 0.3) is 0 Å². The first-order valence-electron chi connectivity index (χ1n) is 11.8. The van der Waals surface area contributed by atoms with Crippen LogP contribution in [0.4, 0.5) is 5.82 Å². The molecular weight excluding hydrogens is 424 g/mol. The number of nitrogen functional groups attached to an aromatic ring is 1. The van der Waals surface area contributed by atoms with Gasteiger partial charge in [-0.25, -0.2) is 14.6 Å². The smallest absolute Gasteiger partial charge is 0.164 e. The Labute approximate surface area is 198 Å². The molecule has 1 saturated heterocycles. The number of nitrogens with two attached hydrogens (primary N) is 1. The Balaban J connectivity index is 1.45. The third-order valence-corrected chi connectivity index (χ3v) is 6.89. The summed E-state index contributed by atoms with van der Waals surface area (Å²) in [6, 6.07) is 12.7. The fraction of sp³-hybridized carbons (Fsp3) is 0.308. The lowest BCUT2D eigenvalue weighted by Crippen LogP contribution is -2.18. The summed E-state index contributed by atoms with van der Waals surface area (Å²) in [6.07, 6.45) is 8.20. The van der Waals surface area contributed by atoms with Crippen LogP contribution in [0.2, 0.25) is 0 Å². The Bertz CT molecular complexity index is 1470. The average molecular weight is 453 g/mol. The molecule has 0 bridgehead atoms. The highest BCUT2D eigenvalue weighted by Gasteiger charge is 2.23. The summed E-state index contributed by atoms with van der Waals surface area (Å²) in [4.78, 5) is 16.1. The largest absolute Gasteiger partial charge is 0.383 e. The van der Waals surface area contributed by atoms with E-state index in [1.54, 1.807) is 0 Å². The zero-order chi connectivity index (χ0) is 23.2. The molecule has 6 rings (SSSR count). The minimum atomic E-state index is -0.0773. The summed E-state index contributed by atoms with van der Waals surface area (Å²) in [5.74, 6) is 0.457. The molecule has 172 valence electrons. The third kappa shape index (κ3) is 3.42. The zero-order valence-corrected chi connectivity index (χ0v) is 19.5. The first kappa shape index (κ1) is 20.8. The van der Waals surface area contributed by atoms with Gasteiger partial charge in [0.2, 0.25) is 0 Å². The molecule has 2 N–H and O–H groups in total. The number of rotatable bonds is 5. The van der Waals surface area contributed by atoms with Gasteiger partial charge >= 0.3 is 0 Å². The van der Waals surface area contributed by atoms with Crippen molar-refractivity contribution in [2.45, 2.75) is 39.3 Å². The monoisotopic (exact) mass is 452 g/mol. The van der Waals surface area contributed by atoms with E-state index < -0.39 is 0 Å². The molecule has 1 aliphatic heterocycles. The van der Waals surface area contributed by atoms with Crippen molar-refractivity contribution in [1.82, 2.24) is 34.0 Å². The molecule has 0 radical (unpaired) electrons. The quantitative estimate of drug-likeness (QED) is 0.429. The second-order valence-corrected chi connectivity index (χ2v) is 9.14. The second kappa shape index (κ2) is 8.22. The maximum Gasteiger partial charge on any atom is 0.164 e.